The van der Waals surface area contributed by atoms with Crippen molar-refractivity contribution in [3.05, 3.63) is 34.9 Å². The first kappa shape index (κ1) is 17.5. The van der Waals surface area contributed by atoms with Crippen LogP contribution in [-0.4, -0.2) is 47.6 Å². The molecule has 2 N–H and O–H groups in total. The van der Waals surface area contributed by atoms with Gasteiger partial charge < -0.3 is 15.3 Å². The second kappa shape index (κ2) is 7.59. The third kappa shape index (κ3) is 4.79. The van der Waals surface area contributed by atoms with Crippen LogP contribution in [0.1, 0.15) is 41.3 Å². The van der Waals surface area contributed by atoms with Gasteiger partial charge in [0.05, 0.1) is 12.0 Å². The number of benzene rings is 1. The Labute approximate surface area is 137 Å². The van der Waals surface area contributed by atoms with Crippen molar-refractivity contribution in [2.24, 2.45) is 5.92 Å². The van der Waals surface area contributed by atoms with Crippen molar-refractivity contribution >= 4 is 11.8 Å². The summed E-state index contributed by atoms with van der Waals surface area (Å²) < 4.78 is 0. The van der Waals surface area contributed by atoms with Gasteiger partial charge in [-0.15, -0.1) is 0 Å². The third-order valence-electron chi connectivity index (χ3n) is 4.12. The molecule has 0 bridgehead atoms. The lowest BCUT2D eigenvalue weighted by Gasteiger charge is -2.32. The Bertz CT molecular complexity index is 563. The fourth-order valence-corrected chi connectivity index (χ4v) is 3.05. The largest absolute Gasteiger partial charge is 0.392 e. The molecule has 1 aromatic rings. The van der Waals surface area contributed by atoms with E-state index < -0.39 is 6.10 Å². The number of aliphatic hydroxyl groups is 1. The van der Waals surface area contributed by atoms with Crippen LogP contribution in [0.15, 0.2) is 18.2 Å². The van der Waals surface area contributed by atoms with Gasteiger partial charge >= 0.3 is 0 Å². The minimum Gasteiger partial charge on any atom is -0.392 e. The molecule has 1 saturated heterocycles. The van der Waals surface area contributed by atoms with Gasteiger partial charge in [-0.05, 0) is 45.7 Å². The lowest BCUT2D eigenvalue weighted by molar-refractivity contribution is -0.126. The highest BCUT2D eigenvalue weighted by molar-refractivity contribution is 5.95. The van der Waals surface area contributed by atoms with Crippen LogP contribution < -0.4 is 5.32 Å². The Morgan fingerprint density at radius 3 is 2.57 bits per heavy atom. The first-order chi connectivity index (χ1) is 10.9. The molecule has 0 radical (unpaired) electrons. The number of aryl methyl sites for hydroxylation is 2. The number of carbonyl (C=O) groups is 2. The molecule has 5 heteroatoms. The normalized spacial score (nSPS) is 19.3. The number of nitrogens with zero attached hydrogens (tertiary/aromatic N) is 1. The molecule has 5 nitrogen and oxygen atoms in total. The van der Waals surface area contributed by atoms with E-state index in [4.69, 9.17) is 0 Å². The van der Waals surface area contributed by atoms with E-state index in [0.717, 1.165) is 24.0 Å². The van der Waals surface area contributed by atoms with Crippen molar-refractivity contribution in [1.82, 2.24) is 10.2 Å². The summed E-state index contributed by atoms with van der Waals surface area (Å²) in [7, 11) is 0. The minimum atomic E-state index is -0.560. The fourth-order valence-electron chi connectivity index (χ4n) is 3.05. The summed E-state index contributed by atoms with van der Waals surface area (Å²) in [6, 6.07) is 5.83. The molecule has 0 aliphatic carbocycles. The first-order valence-electron chi connectivity index (χ1n) is 8.20. The number of amides is 2. The average molecular weight is 318 g/mol. The molecule has 23 heavy (non-hydrogen) atoms. The quantitative estimate of drug-likeness (QED) is 0.887. The van der Waals surface area contributed by atoms with E-state index in [1.54, 1.807) is 11.8 Å². The third-order valence-corrected chi connectivity index (χ3v) is 4.12. The average Bonchev–Trinajstić information content (AvgIpc) is 2.51. The molecule has 0 saturated carbocycles. The van der Waals surface area contributed by atoms with Crippen molar-refractivity contribution in [1.29, 1.82) is 0 Å². The SMILES string of the molecule is Cc1cc(C)cc(C(=O)N2CCCC(C(=O)NCC(C)O)C2)c1. The predicted molar refractivity (Wildman–Crippen MR) is 89.2 cm³/mol. The van der Waals surface area contributed by atoms with E-state index in [9.17, 15) is 14.7 Å². The molecule has 2 unspecified atom stereocenters. The van der Waals surface area contributed by atoms with Crippen LogP contribution in [-0.2, 0) is 4.79 Å². The lowest BCUT2D eigenvalue weighted by atomic mass is 9.96. The Morgan fingerprint density at radius 1 is 1.30 bits per heavy atom. The van der Waals surface area contributed by atoms with Crippen molar-refractivity contribution < 1.29 is 14.7 Å². The number of carbonyl (C=O) groups excluding carboxylic acids is 2. The second-order valence-corrected chi connectivity index (χ2v) is 6.56. The lowest BCUT2D eigenvalue weighted by Crippen LogP contribution is -2.46. The van der Waals surface area contributed by atoms with Gasteiger partial charge in [0.15, 0.2) is 0 Å². The molecular weight excluding hydrogens is 292 g/mol. The van der Waals surface area contributed by atoms with Crippen LogP contribution in [0, 0.1) is 19.8 Å². The molecule has 126 valence electrons. The zero-order chi connectivity index (χ0) is 17.0. The van der Waals surface area contributed by atoms with E-state index in [2.05, 4.69) is 5.32 Å². The van der Waals surface area contributed by atoms with E-state index in [1.807, 2.05) is 32.0 Å². The number of hydrogen-bond donors (Lipinski definition) is 2. The van der Waals surface area contributed by atoms with Gasteiger partial charge in [0.1, 0.15) is 0 Å². The molecule has 1 fully saturated rings. The summed E-state index contributed by atoms with van der Waals surface area (Å²) in [4.78, 5) is 26.6. The Kier molecular flexibility index (Phi) is 5.77. The highest BCUT2D eigenvalue weighted by Gasteiger charge is 2.29. The van der Waals surface area contributed by atoms with Crippen LogP contribution >= 0.6 is 0 Å². The summed E-state index contributed by atoms with van der Waals surface area (Å²) in [5.41, 5.74) is 2.82. The molecule has 1 aromatic carbocycles. The van der Waals surface area contributed by atoms with Gasteiger partial charge in [-0.25, -0.2) is 0 Å². The van der Waals surface area contributed by atoms with Gasteiger partial charge in [-0.3, -0.25) is 9.59 Å². The Morgan fingerprint density at radius 2 is 1.96 bits per heavy atom. The van der Waals surface area contributed by atoms with Gasteiger partial charge in [0.25, 0.3) is 5.91 Å². The monoisotopic (exact) mass is 318 g/mol. The highest BCUT2D eigenvalue weighted by Crippen LogP contribution is 2.20. The molecule has 0 spiro atoms. The van der Waals surface area contributed by atoms with Gasteiger partial charge in [0, 0.05) is 25.2 Å². The Balaban J connectivity index is 2.02. The van der Waals surface area contributed by atoms with Crippen LogP contribution in [0.5, 0.6) is 0 Å². The molecule has 2 rings (SSSR count). The van der Waals surface area contributed by atoms with E-state index in [0.29, 0.717) is 18.7 Å². The summed E-state index contributed by atoms with van der Waals surface area (Å²) in [6.07, 6.45) is 1.04. The maximum Gasteiger partial charge on any atom is 0.253 e. The topological polar surface area (TPSA) is 69.6 Å². The second-order valence-electron chi connectivity index (χ2n) is 6.56. The Hall–Kier alpha value is -1.88. The van der Waals surface area contributed by atoms with E-state index >= 15 is 0 Å². The summed E-state index contributed by atoms with van der Waals surface area (Å²) in [6.45, 7) is 6.97. The molecule has 1 aliphatic rings. The van der Waals surface area contributed by atoms with Gasteiger partial charge in [-0.2, -0.15) is 0 Å². The van der Waals surface area contributed by atoms with Gasteiger partial charge in [0.2, 0.25) is 5.91 Å². The number of nitrogens with one attached hydrogen (secondary N) is 1. The summed E-state index contributed by atoms with van der Waals surface area (Å²) in [5.74, 6) is -0.286. The maximum absolute atomic E-state index is 12.7. The maximum atomic E-state index is 12.7. The number of rotatable bonds is 4. The van der Waals surface area contributed by atoms with E-state index in [1.165, 1.54) is 0 Å². The van der Waals surface area contributed by atoms with Crippen LogP contribution in [0.3, 0.4) is 0 Å². The van der Waals surface area contributed by atoms with Crippen LogP contribution in [0.4, 0.5) is 0 Å². The predicted octanol–water partition coefficient (Wildman–Crippen LogP) is 1.65. The number of piperidine rings is 1. The standard InChI is InChI=1S/C18H26N2O3/c1-12-7-13(2)9-16(8-12)18(23)20-6-4-5-15(11-20)17(22)19-10-14(3)21/h7-9,14-15,21H,4-6,10-11H2,1-3H3,(H,19,22). The molecule has 2 atom stereocenters. The van der Waals surface area contributed by atoms with Crippen molar-refractivity contribution in [2.45, 2.75) is 39.7 Å². The van der Waals surface area contributed by atoms with Crippen molar-refractivity contribution in [3.8, 4) is 0 Å². The minimum absolute atomic E-state index is 0.00942. The number of hydrogen-bond acceptors (Lipinski definition) is 3. The highest BCUT2D eigenvalue weighted by atomic mass is 16.3. The fraction of sp³-hybridized carbons (Fsp3) is 0.556. The van der Waals surface area contributed by atoms with Crippen molar-refractivity contribution in [2.75, 3.05) is 19.6 Å². The zero-order valence-corrected chi connectivity index (χ0v) is 14.1. The molecule has 2 amide bonds. The molecule has 1 aliphatic heterocycles. The summed E-state index contributed by atoms with van der Waals surface area (Å²) in [5, 5.41) is 12.0. The molecule has 1 heterocycles. The van der Waals surface area contributed by atoms with Gasteiger partial charge in [-0.1, -0.05) is 17.2 Å². The van der Waals surface area contributed by atoms with Crippen molar-refractivity contribution in [3.63, 3.8) is 0 Å². The molecule has 0 aromatic heterocycles. The number of aliphatic hydroxyl groups excluding tert-OH is 1. The first-order valence-corrected chi connectivity index (χ1v) is 8.20. The molecular formula is C18H26N2O3. The van der Waals surface area contributed by atoms with Crippen LogP contribution in [0.25, 0.3) is 0 Å². The van der Waals surface area contributed by atoms with E-state index in [-0.39, 0.29) is 24.3 Å². The smallest absolute Gasteiger partial charge is 0.253 e. The summed E-state index contributed by atoms with van der Waals surface area (Å²) >= 11 is 0. The van der Waals surface area contributed by atoms with Crippen LogP contribution in [0.2, 0.25) is 0 Å². The number of likely N-dealkylation sites (tertiary alicyclic amines) is 1. The zero-order valence-electron chi connectivity index (χ0n) is 14.1.